The number of pyridine rings is 3. The van der Waals surface area contributed by atoms with Crippen LogP contribution >= 0.6 is 0 Å². The largest absolute Gasteiger partial charge is 0.508 e. The molecule has 0 saturated carbocycles. The molecule has 0 atom stereocenters. The van der Waals surface area contributed by atoms with E-state index in [1.807, 2.05) is 6.07 Å². The van der Waals surface area contributed by atoms with E-state index in [1.54, 1.807) is 43.8 Å². The molecule has 1 amide bonds. The van der Waals surface area contributed by atoms with Gasteiger partial charge in [0.25, 0.3) is 0 Å². The van der Waals surface area contributed by atoms with E-state index < -0.39 is 5.82 Å². The van der Waals surface area contributed by atoms with Crippen molar-refractivity contribution in [2.24, 2.45) is 0 Å². The standard InChI is InChI=1S/C26H19FN8O2/c1-2-22(37)31-16-6-14(10-28-11-16)20-9-19-21(12-30-20)34-35-24(19)26-32-23-18(3-4-29-25(23)33-26)13-5-15(27)8-17(36)7-13/h3-12,36H,2H2,1H3,(H,31,37)(H,34,35)(H,29,32,33). The third-order valence-electron chi connectivity index (χ3n) is 5.90. The summed E-state index contributed by atoms with van der Waals surface area (Å²) in [6.07, 6.45) is 6.85. The molecule has 0 aliphatic heterocycles. The highest BCUT2D eigenvalue weighted by molar-refractivity contribution is 5.97. The summed E-state index contributed by atoms with van der Waals surface area (Å²) >= 11 is 0. The van der Waals surface area contributed by atoms with Gasteiger partial charge in [-0.2, -0.15) is 5.10 Å². The summed E-state index contributed by atoms with van der Waals surface area (Å²) in [4.78, 5) is 32.7. The maximum absolute atomic E-state index is 14.0. The van der Waals surface area contributed by atoms with Crippen LogP contribution in [0.4, 0.5) is 10.1 Å². The number of fused-ring (bicyclic) bond motifs is 2. The molecule has 5 heterocycles. The van der Waals surface area contributed by atoms with Gasteiger partial charge in [0.2, 0.25) is 5.91 Å². The van der Waals surface area contributed by atoms with Gasteiger partial charge in [-0.15, -0.1) is 0 Å². The number of halogens is 1. The van der Waals surface area contributed by atoms with Crippen LogP contribution in [-0.4, -0.2) is 46.1 Å². The first-order chi connectivity index (χ1) is 18.0. The van der Waals surface area contributed by atoms with E-state index >= 15 is 0 Å². The normalized spacial score (nSPS) is 11.3. The molecule has 5 aromatic heterocycles. The SMILES string of the molecule is CCC(=O)Nc1cncc(-c2cc3c(-c4nc5nccc(-c6cc(O)cc(F)c6)c5[nH]4)n[nH]c3cn2)c1. The Bertz CT molecular complexity index is 1790. The molecule has 6 aromatic rings. The number of hydrogen-bond donors (Lipinski definition) is 4. The van der Waals surface area contributed by atoms with Gasteiger partial charge in [-0.05, 0) is 35.9 Å². The van der Waals surface area contributed by atoms with E-state index in [0.29, 0.717) is 57.1 Å². The molecule has 1 aromatic carbocycles. The van der Waals surface area contributed by atoms with Gasteiger partial charge in [0.15, 0.2) is 11.5 Å². The summed E-state index contributed by atoms with van der Waals surface area (Å²) < 4.78 is 14.0. The minimum Gasteiger partial charge on any atom is -0.508 e. The van der Waals surface area contributed by atoms with Crippen LogP contribution in [0.3, 0.4) is 0 Å². The summed E-state index contributed by atoms with van der Waals surface area (Å²) in [5, 5.41) is 20.8. The summed E-state index contributed by atoms with van der Waals surface area (Å²) in [6.45, 7) is 1.78. The van der Waals surface area contributed by atoms with Crippen LogP contribution in [0.1, 0.15) is 13.3 Å². The molecule has 10 nitrogen and oxygen atoms in total. The lowest BCUT2D eigenvalue weighted by Gasteiger charge is -2.06. The van der Waals surface area contributed by atoms with E-state index in [0.717, 1.165) is 17.0 Å². The number of carbonyl (C=O) groups is 1. The maximum atomic E-state index is 14.0. The highest BCUT2D eigenvalue weighted by atomic mass is 19.1. The minimum absolute atomic E-state index is 0.106. The van der Waals surface area contributed by atoms with E-state index in [2.05, 4.69) is 40.4 Å². The van der Waals surface area contributed by atoms with Crippen LogP contribution < -0.4 is 5.32 Å². The van der Waals surface area contributed by atoms with E-state index in [4.69, 9.17) is 0 Å². The smallest absolute Gasteiger partial charge is 0.224 e. The summed E-state index contributed by atoms with van der Waals surface area (Å²) in [5.74, 6) is -0.372. The number of nitrogens with one attached hydrogen (secondary N) is 3. The lowest BCUT2D eigenvalue weighted by molar-refractivity contribution is -0.115. The fourth-order valence-electron chi connectivity index (χ4n) is 4.15. The number of aromatic nitrogens is 7. The van der Waals surface area contributed by atoms with Gasteiger partial charge in [0, 0.05) is 41.4 Å². The molecular weight excluding hydrogens is 475 g/mol. The van der Waals surface area contributed by atoms with Crippen LogP contribution in [0.5, 0.6) is 5.75 Å². The number of aromatic amines is 2. The summed E-state index contributed by atoms with van der Waals surface area (Å²) in [7, 11) is 0. The van der Waals surface area contributed by atoms with Crippen molar-refractivity contribution < 1.29 is 14.3 Å². The first-order valence-electron chi connectivity index (χ1n) is 11.4. The van der Waals surface area contributed by atoms with Gasteiger partial charge >= 0.3 is 0 Å². The molecule has 0 bridgehead atoms. The number of aromatic hydroxyl groups is 1. The van der Waals surface area contributed by atoms with E-state index in [-0.39, 0.29) is 11.7 Å². The second-order valence-corrected chi connectivity index (χ2v) is 8.39. The number of phenolic OH excluding ortho intramolecular Hbond substituents is 1. The van der Waals surface area contributed by atoms with Crippen molar-refractivity contribution in [2.45, 2.75) is 13.3 Å². The second-order valence-electron chi connectivity index (χ2n) is 8.39. The van der Waals surface area contributed by atoms with Crippen LogP contribution in [0.25, 0.3) is 56.0 Å². The average molecular weight is 494 g/mol. The number of imidazole rings is 1. The molecule has 0 aliphatic carbocycles. The second kappa shape index (κ2) is 8.79. The quantitative estimate of drug-likeness (QED) is 0.269. The molecule has 4 N–H and O–H groups in total. The number of amides is 1. The molecule has 0 spiro atoms. The topological polar surface area (TPSA) is 145 Å². The van der Waals surface area contributed by atoms with Crippen molar-refractivity contribution in [1.29, 1.82) is 0 Å². The molecule has 0 radical (unpaired) electrons. The monoisotopic (exact) mass is 494 g/mol. The number of nitrogens with zero attached hydrogens (tertiary/aromatic N) is 5. The molecular formula is C26H19FN8O2. The fourth-order valence-corrected chi connectivity index (χ4v) is 4.15. The Morgan fingerprint density at radius 3 is 2.81 bits per heavy atom. The number of carbonyl (C=O) groups excluding carboxylic acids is 1. The Kier molecular flexibility index (Phi) is 5.29. The minimum atomic E-state index is -0.550. The predicted octanol–water partition coefficient (Wildman–Crippen LogP) is 4.82. The zero-order valence-corrected chi connectivity index (χ0v) is 19.5. The zero-order valence-electron chi connectivity index (χ0n) is 19.5. The molecule has 37 heavy (non-hydrogen) atoms. The van der Waals surface area contributed by atoms with Crippen LogP contribution in [0.15, 0.2) is 61.2 Å². The molecule has 11 heteroatoms. The highest BCUT2D eigenvalue weighted by Gasteiger charge is 2.17. The van der Waals surface area contributed by atoms with E-state index in [9.17, 15) is 14.3 Å². The number of anilines is 1. The Balaban J connectivity index is 1.43. The number of phenols is 1. The third kappa shape index (κ3) is 4.12. The molecule has 182 valence electrons. The predicted molar refractivity (Wildman–Crippen MR) is 136 cm³/mol. The van der Waals surface area contributed by atoms with Crippen molar-refractivity contribution in [3.63, 3.8) is 0 Å². The summed E-state index contributed by atoms with van der Waals surface area (Å²) in [6, 6.07) is 9.25. The average Bonchev–Trinajstić information content (AvgIpc) is 3.51. The highest BCUT2D eigenvalue weighted by Crippen LogP contribution is 2.33. The van der Waals surface area contributed by atoms with Crippen molar-refractivity contribution in [3.8, 4) is 39.7 Å². The first kappa shape index (κ1) is 22.3. The van der Waals surface area contributed by atoms with Crippen LogP contribution in [-0.2, 0) is 4.79 Å². The van der Waals surface area contributed by atoms with Gasteiger partial charge in [-0.1, -0.05) is 6.92 Å². The molecule has 0 fully saturated rings. The van der Waals surface area contributed by atoms with Crippen molar-refractivity contribution in [1.82, 2.24) is 35.1 Å². The Morgan fingerprint density at radius 2 is 1.97 bits per heavy atom. The van der Waals surface area contributed by atoms with E-state index in [1.165, 1.54) is 12.1 Å². The number of rotatable bonds is 5. The molecule has 0 saturated heterocycles. The van der Waals surface area contributed by atoms with Crippen LogP contribution in [0.2, 0.25) is 0 Å². The third-order valence-corrected chi connectivity index (χ3v) is 5.90. The number of H-pyrrole nitrogens is 2. The molecule has 6 rings (SSSR count). The lowest BCUT2D eigenvalue weighted by Crippen LogP contribution is -2.09. The van der Waals surface area contributed by atoms with Crippen molar-refractivity contribution in [3.05, 3.63) is 67.0 Å². The van der Waals surface area contributed by atoms with Crippen molar-refractivity contribution in [2.75, 3.05) is 5.32 Å². The maximum Gasteiger partial charge on any atom is 0.224 e. The Hall–Kier alpha value is -5.19. The van der Waals surface area contributed by atoms with Crippen LogP contribution in [0, 0.1) is 5.82 Å². The number of benzene rings is 1. The van der Waals surface area contributed by atoms with Gasteiger partial charge in [0.05, 0.1) is 34.8 Å². The van der Waals surface area contributed by atoms with Gasteiger partial charge in [-0.3, -0.25) is 19.9 Å². The molecule has 0 aliphatic rings. The van der Waals surface area contributed by atoms with Crippen molar-refractivity contribution >= 4 is 33.7 Å². The fraction of sp³-hybridized carbons (Fsp3) is 0.0769. The Labute approximate surface area is 208 Å². The van der Waals surface area contributed by atoms with Gasteiger partial charge in [-0.25, -0.2) is 14.4 Å². The molecule has 0 unspecified atom stereocenters. The first-order valence-corrected chi connectivity index (χ1v) is 11.4. The summed E-state index contributed by atoms with van der Waals surface area (Å²) in [5.41, 5.74) is 5.32. The van der Waals surface area contributed by atoms with Gasteiger partial charge in [0.1, 0.15) is 17.3 Å². The number of hydrogen-bond acceptors (Lipinski definition) is 7. The van der Waals surface area contributed by atoms with Gasteiger partial charge < -0.3 is 15.4 Å². The Morgan fingerprint density at radius 1 is 1.08 bits per heavy atom. The lowest BCUT2D eigenvalue weighted by atomic mass is 10.1. The zero-order chi connectivity index (χ0) is 25.5.